The van der Waals surface area contributed by atoms with Gasteiger partial charge >= 0.3 is 0 Å². The summed E-state index contributed by atoms with van der Waals surface area (Å²) in [4.78, 5) is 29.4. The molecule has 0 saturated carbocycles. The van der Waals surface area contributed by atoms with E-state index in [9.17, 15) is 14.0 Å². The average molecular weight is 519 g/mol. The van der Waals surface area contributed by atoms with Gasteiger partial charge in [-0.05, 0) is 61.9 Å². The number of amides is 2. The van der Waals surface area contributed by atoms with E-state index in [-0.39, 0.29) is 30.5 Å². The standard InChI is InChI=1S/C27H27FN6O4/c1-3-29-26(35)19-8-10-21(11-9-19)34-23(17-38-22-7-5-6-20(28)15-22)25(32-33-34)27(36)31-16-18-12-13-30-24(14-18)37-4-2/h5-15H,3-4,16-17H2,1-2H3,(H,29,35)(H,31,36). The highest BCUT2D eigenvalue weighted by molar-refractivity contribution is 5.94. The Labute approximate surface area is 218 Å². The summed E-state index contributed by atoms with van der Waals surface area (Å²) >= 11 is 0. The molecule has 0 saturated heterocycles. The number of pyridine rings is 1. The van der Waals surface area contributed by atoms with Gasteiger partial charge in [0.15, 0.2) is 5.69 Å². The Morgan fingerprint density at radius 2 is 1.79 bits per heavy atom. The molecule has 0 aliphatic rings. The van der Waals surface area contributed by atoms with E-state index in [0.29, 0.717) is 36.0 Å². The molecule has 4 rings (SSSR count). The summed E-state index contributed by atoms with van der Waals surface area (Å²) in [6.07, 6.45) is 1.60. The van der Waals surface area contributed by atoms with Crippen LogP contribution in [0.1, 0.15) is 46.0 Å². The van der Waals surface area contributed by atoms with Crippen LogP contribution in [-0.4, -0.2) is 44.9 Å². The minimum atomic E-state index is -0.470. The monoisotopic (exact) mass is 518 g/mol. The van der Waals surface area contributed by atoms with Crippen molar-refractivity contribution >= 4 is 11.8 Å². The van der Waals surface area contributed by atoms with E-state index < -0.39 is 11.7 Å². The van der Waals surface area contributed by atoms with Crippen LogP contribution in [0.25, 0.3) is 5.69 Å². The lowest BCUT2D eigenvalue weighted by molar-refractivity contribution is 0.0939. The third-order valence-corrected chi connectivity index (χ3v) is 5.41. The van der Waals surface area contributed by atoms with Crippen LogP contribution in [0.15, 0.2) is 66.9 Å². The highest BCUT2D eigenvalue weighted by atomic mass is 19.1. The Kier molecular flexibility index (Phi) is 8.60. The first-order valence-electron chi connectivity index (χ1n) is 12.1. The van der Waals surface area contributed by atoms with Crippen molar-refractivity contribution in [2.45, 2.75) is 27.0 Å². The molecule has 0 aliphatic heterocycles. The maximum absolute atomic E-state index is 13.7. The van der Waals surface area contributed by atoms with Crippen LogP contribution in [0.3, 0.4) is 0 Å². The zero-order valence-corrected chi connectivity index (χ0v) is 21.0. The maximum atomic E-state index is 13.7. The normalized spacial score (nSPS) is 10.6. The Morgan fingerprint density at radius 3 is 2.53 bits per heavy atom. The molecule has 0 spiro atoms. The fraction of sp³-hybridized carbons (Fsp3) is 0.222. The number of nitrogens with one attached hydrogen (secondary N) is 2. The van der Waals surface area contributed by atoms with Gasteiger partial charge in [-0.15, -0.1) is 5.10 Å². The number of benzene rings is 2. The molecule has 10 nitrogen and oxygen atoms in total. The topological polar surface area (TPSA) is 120 Å². The number of carbonyl (C=O) groups is 2. The van der Waals surface area contributed by atoms with Gasteiger partial charge in [-0.25, -0.2) is 14.1 Å². The van der Waals surface area contributed by atoms with E-state index >= 15 is 0 Å². The van der Waals surface area contributed by atoms with Crippen LogP contribution in [-0.2, 0) is 13.2 Å². The number of hydrogen-bond donors (Lipinski definition) is 2. The molecular weight excluding hydrogens is 491 g/mol. The van der Waals surface area contributed by atoms with E-state index in [0.717, 1.165) is 5.56 Å². The Morgan fingerprint density at radius 1 is 0.974 bits per heavy atom. The minimum absolute atomic E-state index is 0.0493. The van der Waals surface area contributed by atoms with Crippen molar-refractivity contribution in [3.05, 3.63) is 95.2 Å². The molecule has 2 aromatic heterocycles. The van der Waals surface area contributed by atoms with Gasteiger partial charge < -0.3 is 20.1 Å². The van der Waals surface area contributed by atoms with Crippen LogP contribution < -0.4 is 20.1 Å². The van der Waals surface area contributed by atoms with Crippen LogP contribution >= 0.6 is 0 Å². The molecule has 4 aromatic rings. The van der Waals surface area contributed by atoms with Gasteiger partial charge in [-0.3, -0.25) is 9.59 Å². The van der Waals surface area contributed by atoms with Crippen LogP contribution in [0, 0.1) is 5.82 Å². The predicted octanol–water partition coefficient (Wildman–Crippen LogP) is 3.46. The second-order valence-corrected chi connectivity index (χ2v) is 8.07. The van der Waals surface area contributed by atoms with Crippen LogP contribution in [0.5, 0.6) is 11.6 Å². The van der Waals surface area contributed by atoms with Crippen molar-refractivity contribution in [2.75, 3.05) is 13.2 Å². The first kappa shape index (κ1) is 26.3. The fourth-order valence-corrected chi connectivity index (χ4v) is 3.59. The third-order valence-electron chi connectivity index (χ3n) is 5.41. The summed E-state index contributed by atoms with van der Waals surface area (Å²) in [6, 6.07) is 15.9. The second-order valence-electron chi connectivity index (χ2n) is 8.07. The summed E-state index contributed by atoms with van der Waals surface area (Å²) in [7, 11) is 0. The molecule has 2 N–H and O–H groups in total. The quantitative estimate of drug-likeness (QED) is 0.312. The smallest absolute Gasteiger partial charge is 0.274 e. The van der Waals surface area contributed by atoms with Gasteiger partial charge in [0.25, 0.3) is 11.8 Å². The number of nitrogens with zero attached hydrogens (tertiary/aromatic N) is 4. The average Bonchev–Trinajstić information content (AvgIpc) is 3.35. The summed E-state index contributed by atoms with van der Waals surface area (Å²) in [5, 5.41) is 13.8. The molecule has 11 heteroatoms. The summed E-state index contributed by atoms with van der Waals surface area (Å²) < 4.78 is 26.3. The van der Waals surface area contributed by atoms with Gasteiger partial charge in [0.2, 0.25) is 5.88 Å². The zero-order valence-electron chi connectivity index (χ0n) is 21.0. The molecule has 0 radical (unpaired) electrons. The summed E-state index contributed by atoms with van der Waals surface area (Å²) in [5.74, 6) is -0.364. The number of hydrogen-bond acceptors (Lipinski definition) is 7. The lowest BCUT2D eigenvalue weighted by Crippen LogP contribution is -2.25. The van der Waals surface area contributed by atoms with E-state index in [1.54, 1.807) is 48.7 Å². The molecule has 0 bridgehead atoms. The minimum Gasteiger partial charge on any atom is -0.487 e. The van der Waals surface area contributed by atoms with Gasteiger partial charge in [0, 0.05) is 37.0 Å². The Bertz CT molecular complexity index is 1410. The lowest BCUT2D eigenvalue weighted by atomic mass is 10.2. The molecule has 2 heterocycles. The van der Waals surface area contributed by atoms with E-state index in [1.807, 2.05) is 13.8 Å². The fourth-order valence-electron chi connectivity index (χ4n) is 3.59. The molecule has 2 amide bonds. The lowest BCUT2D eigenvalue weighted by Gasteiger charge is -2.11. The number of ether oxygens (including phenoxy) is 2. The predicted molar refractivity (Wildman–Crippen MR) is 137 cm³/mol. The number of halogens is 1. The number of aromatic nitrogens is 4. The molecule has 196 valence electrons. The van der Waals surface area contributed by atoms with Crippen molar-refractivity contribution in [2.24, 2.45) is 0 Å². The van der Waals surface area contributed by atoms with Crippen LogP contribution in [0.2, 0.25) is 0 Å². The van der Waals surface area contributed by atoms with Gasteiger partial charge in [-0.2, -0.15) is 0 Å². The highest BCUT2D eigenvalue weighted by Crippen LogP contribution is 2.19. The second kappa shape index (κ2) is 12.4. The molecule has 2 aromatic carbocycles. The van der Waals surface area contributed by atoms with Crippen LogP contribution in [0.4, 0.5) is 4.39 Å². The zero-order chi connectivity index (χ0) is 26.9. The van der Waals surface area contributed by atoms with Crippen molar-refractivity contribution in [3.8, 4) is 17.3 Å². The van der Waals surface area contributed by atoms with E-state index in [2.05, 4.69) is 25.9 Å². The molecule has 0 aliphatic carbocycles. The van der Waals surface area contributed by atoms with Gasteiger partial charge in [0.05, 0.1) is 12.3 Å². The first-order chi connectivity index (χ1) is 18.5. The van der Waals surface area contributed by atoms with E-state index in [1.165, 1.54) is 22.9 Å². The first-order valence-corrected chi connectivity index (χ1v) is 12.1. The molecule has 0 unspecified atom stereocenters. The summed E-state index contributed by atoms with van der Waals surface area (Å²) in [5.41, 5.74) is 2.24. The van der Waals surface area contributed by atoms with Gasteiger partial charge in [0.1, 0.15) is 23.9 Å². The number of rotatable bonds is 11. The van der Waals surface area contributed by atoms with E-state index in [4.69, 9.17) is 9.47 Å². The molecule has 0 fully saturated rings. The molecular formula is C27H27FN6O4. The molecule has 0 atom stereocenters. The number of carbonyl (C=O) groups excluding carboxylic acids is 2. The maximum Gasteiger partial charge on any atom is 0.274 e. The summed E-state index contributed by atoms with van der Waals surface area (Å²) in [6.45, 7) is 4.79. The van der Waals surface area contributed by atoms with Crippen molar-refractivity contribution in [1.29, 1.82) is 0 Å². The van der Waals surface area contributed by atoms with Gasteiger partial charge in [-0.1, -0.05) is 11.3 Å². The van der Waals surface area contributed by atoms with Crippen molar-refractivity contribution in [1.82, 2.24) is 30.6 Å². The van der Waals surface area contributed by atoms with Crippen molar-refractivity contribution < 1.29 is 23.5 Å². The Hall–Kier alpha value is -4.80. The SMILES string of the molecule is CCNC(=O)c1ccc(-n2nnc(C(=O)NCc3ccnc(OCC)c3)c2COc2cccc(F)c2)cc1. The molecule has 38 heavy (non-hydrogen) atoms. The largest absolute Gasteiger partial charge is 0.487 e. The highest BCUT2D eigenvalue weighted by Gasteiger charge is 2.22. The Balaban J connectivity index is 1.58. The van der Waals surface area contributed by atoms with Crippen molar-refractivity contribution in [3.63, 3.8) is 0 Å². The third kappa shape index (κ3) is 6.49.